The predicted molar refractivity (Wildman–Crippen MR) is 290 cm³/mol. The van der Waals surface area contributed by atoms with Crippen LogP contribution in [0.1, 0.15) is 0 Å². The molecule has 0 spiro atoms. The van der Waals surface area contributed by atoms with Crippen LogP contribution in [0.3, 0.4) is 0 Å². The lowest BCUT2D eigenvalue weighted by Crippen LogP contribution is -2.01. The van der Waals surface area contributed by atoms with Gasteiger partial charge < -0.3 is 4.57 Å². The van der Waals surface area contributed by atoms with E-state index in [1.165, 1.54) is 54.6 Å². The Morgan fingerprint density at radius 2 is 0.732 bits per heavy atom. The fourth-order valence-electron chi connectivity index (χ4n) is 10.6. The molecule has 0 aliphatic carbocycles. The van der Waals surface area contributed by atoms with Crippen LogP contribution in [0.15, 0.2) is 249 Å². The van der Waals surface area contributed by atoms with Crippen molar-refractivity contribution in [3.05, 3.63) is 249 Å². The first-order chi connectivity index (χ1) is 35.2. The van der Waals surface area contributed by atoms with Gasteiger partial charge in [0.05, 0.1) is 27.8 Å². The molecule has 0 saturated heterocycles. The van der Waals surface area contributed by atoms with Crippen molar-refractivity contribution in [2.24, 2.45) is 0 Å². The Bertz CT molecular complexity index is 4240. The molecule has 14 aromatic rings. The molecule has 332 valence electrons. The third kappa shape index (κ3) is 6.66. The first-order valence-corrected chi connectivity index (χ1v) is 23.9. The first-order valence-electron chi connectivity index (χ1n) is 23.9. The van der Waals surface area contributed by atoms with Crippen LogP contribution in [0.5, 0.6) is 0 Å². The predicted octanol–water partition coefficient (Wildman–Crippen LogP) is 15.7. The molecule has 14 rings (SSSR count). The number of fused-ring (bicyclic) bond motifs is 9. The maximum atomic E-state index is 5.30. The molecule has 0 N–H and O–H groups in total. The lowest BCUT2D eigenvalue weighted by Gasteiger charge is -2.13. The number of hydrogen-bond donors (Lipinski definition) is 0. The molecular formula is C64H41N7. The van der Waals surface area contributed by atoms with Crippen molar-refractivity contribution in [1.82, 2.24) is 33.9 Å². The highest BCUT2D eigenvalue weighted by molar-refractivity contribution is 6.30. The number of nitrogens with zero attached hydrogens (tertiary/aromatic N) is 7. The molecule has 0 unspecified atom stereocenters. The number of rotatable bonds is 8. The third-order valence-corrected chi connectivity index (χ3v) is 13.9. The molecule has 0 radical (unpaired) electrons. The maximum Gasteiger partial charge on any atom is 0.168 e. The molecule has 5 aromatic heterocycles. The number of aromatic nitrogens is 7. The molecule has 0 aliphatic heterocycles. The van der Waals surface area contributed by atoms with Gasteiger partial charge >= 0.3 is 0 Å². The Morgan fingerprint density at radius 3 is 1.25 bits per heavy atom. The van der Waals surface area contributed by atoms with E-state index >= 15 is 0 Å². The van der Waals surface area contributed by atoms with Crippen LogP contribution in [0.25, 0.3) is 128 Å². The van der Waals surface area contributed by atoms with Gasteiger partial charge in [0.2, 0.25) is 0 Å². The summed E-state index contributed by atoms with van der Waals surface area (Å²) in [6.07, 6.45) is 3.64. The van der Waals surface area contributed by atoms with Crippen molar-refractivity contribution < 1.29 is 0 Å². The van der Waals surface area contributed by atoms with Gasteiger partial charge in [-0.2, -0.15) is 0 Å². The summed E-state index contributed by atoms with van der Waals surface area (Å²) in [5.41, 5.74) is 15.1. The summed E-state index contributed by atoms with van der Waals surface area (Å²) in [5, 5.41) is 16.6. The van der Waals surface area contributed by atoms with Crippen molar-refractivity contribution in [3.63, 3.8) is 0 Å². The second kappa shape index (κ2) is 16.5. The molecule has 9 aromatic carbocycles. The molecule has 71 heavy (non-hydrogen) atoms. The lowest BCUT2D eigenvalue weighted by molar-refractivity contribution is 1.07. The van der Waals surface area contributed by atoms with Crippen LogP contribution in [-0.2, 0) is 0 Å². The molecule has 0 aliphatic rings. The fraction of sp³-hybridized carbons (Fsp3) is 0. The second-order valence-electron chi connectivity index (χ2n) is 17.9. The third-order valence-electron chi connectivity index (χ3n) is 13.9. The SMILES string of the molecule is c1ccc(-c2ccc3c(c2)c2c4ccc5c(c4ccc2n3-c2ccc(-n3c(-c4ccccc4)nnc3-c3ccccc3)cc2)c2cc(-c3ccccc3)ccc2n5-c2cccc(-c3ccncc3)n2)cc1. The van der Waals surface area contributed by atoms with Gasteiger partial charge in [0.15, 0.2) is 11.6 Å². The standard InChI is InChI=1S/C64H41N7/c1-5-14-42(15-6-1)47-24-32-56-53(40-47)61-51-31-35-59-62(54-41-48(43-16-7-2-8-17-43)25-33-57(54)71(59)60-23-13-22-55(66-60)44-36-38-65-39-37-44)52(51)30-34-58(61)69(56)49-26-28-50(29-27-49)70-63(45-18-9-3-10-19-45)67-68-64(70)46-20-11-4-12-21-46/h1-41H. The van der Waals surface area contributed by atoms with Crippen molar-refractivity contribution in [2.75, 3.05) is 0 Å². The maximum absolute atomic E-state index is 5.30. The van der Waals surface area contributed by atoms with E-state index < -0.39 is 0 Å². The minimum Gasteiger partial charge on any atom is -0.309 e. The average Bonchev–Trinajstić information content (AvgIpc) is 4.15. The number of pyridine rings is 2. The Kier molecular flexibility index (Phi) is 9.38. The van der Waals surface area contributed by atoms with Gasteiger partial charge in [-0.15, -0.1) is 10.2 Å². The van der Waals surface area contributed by atoms with E-state index in [2.05, 4.69) is 207 Å². The molecule has 5 heterocycles. The summed E-state index contributed by atoms with van der Waals surface area (Å²) in [6, 6.07) is 84.1. The fourth-order valence-corrected chi connectivity index (χ4v) is 10.6. The lowest BCUT2D eigenvalue weighted by atomic mass is 9.97. The van der Waals surface area contributed by atoms with Gasteiger partial charge in [0.25, 0.3) is 0 Å². The molecule has 0 atom stereocenters. The zero-order valence-electron chi connectivity index (χ0n) is 38.3. The number of benzene rings is 9. The van der Waals surface area contributed by atoms with Crippen molar-refractivity contribution in [1.29, 1.82) is 0 Å². The normalized spacial score (nSPS) is 11.7. The Hall–Kier alpha value is -9.72. The minimum atomic E-state index is 0.787. The molecule has 0 bridgehead atoms. The molecule has 0 amide bonds. The summed E-state index contributed by atoms with van der Waals surface area (Å²) < 4.78 is 6.91. The average molecular weight is 908 g/mol. The first kappa shape index (κ1) is 40.4. The summed E-state index contributed by atoms with van der Waals surface area (Å²) in [6.45, 7) is 0. The van der Waals surface area contributed by atoms with E-state index in [9.17, 15) is 0 Å². The monoisotopic (exact) mass is 907 g/mol. The molecule has 7 nitrogen and oxygen atoms in total. The van der Waals surface area contributed by atoms with Gasteiger partial charge in [-0.05, 0) is 118 Å². The van der Waals surface area contributed by atoms with E-state index in [1.54, 1.807) is 0 Å². The molecule has 7 heteroatoms. The van der Waals surface area contributed by atoms with Gasteiger partial charge in [0.1, 0.15) is 5.82 Å². The van der Waals surface area contributed by atoms with Gasteiger partial charge in [-0.25, -0.2) is 4.98 Å². The molecule has 0 saturated carbocycles. The van der Waals surface area contributed by atoms with Crippen LogP contribution in [0, 0.1) is 0 Å². The number of hydrogen-bond acceptors (Lipinski definition) is 4. The highest BCUT2D eigenvalue weighted by Crippen LogP contribution is 2.44. The Morgan fingerprint density at radius 1 is 0.282 bits per heavy atom. The summed E-state index contributed by atoms with van der Waals surface area (Å²) in [4.78, 5) is 9.56. The summed E-state index contributed by atoms with van der Waals surface area (Å²) in [5.74, 6) is 2.43. The minimum absolute atomic E-state index is 0.787. The van der Waals surface area contributed by atoms with Gasteiger partial charge in [0, 0.05) is 62.0 Å². The van der Waals surface area contributed by atoms with E-state index in [0.717, 1.165) is 73.3 Å². The van der Waals surface area contributed by atoms with E-state index in [-0.39, 0.29) is 0 Å². The van der Waals surface area contributed by atoms with Crippen LogP contribution in [0.2, 0.25) is 0 Å². The van der Waals surface area contributed by atoms with E-state index in [4.69, 9.17) is 15.2 Å². The van der Waals surface area contributed by atoms with Crippen molar-refractivity contribution in [2.45, 2.75) is 0 Å². The van der Waals surface area contributed by atoms with Gasteiger partial charge in [-0.1, -0.05) is 152 Å². The molecule has 0 fully saturated rings. The van der Waals surface area contributed by atoms with E-state index in [0.29, 0.717) is 0 Å². The van der Waals surface area contributed by atoms with Crippen molar-refractivity contribution >= 4 is 54.4 Å². The highest BCUT2D eigenvalue weighted by atomic mass is 15.3. The van der Waals surface area contributed by atoms with E-state index in [1.807, 2.05) is 60.9 Å². The van der Waals surface area contributed by atoms with Crippen LogP contribution >= 0.6 is 0 Å². The van der Waals surface area contributed by atoms with Crippen LogP contribution in [-0.4, -0.2) is 33.9 Å². The van der Waals surface area contributed by atoms with Crippen LogP contribution in [0.4, 0.5) is 0 Å². The molecular weight excluding hydrogens is 867 g/mol. The van der Waals surface area contributed by atoms with Crippen molar-refractivity contribution in [3.8, 4) is 73.5 Å². The van der Waals surface area contributed by atoms with Crippen LogP contribution < -0.4 is 0 Å². The quantitative estimate of drug-likeness (QED) is 0.152. The zero-order chi connectivity index (χ0) is 46.8. The smallest absolute Gasteiger partial charge is 0.168 e. The topological polar surface area (TPSA) is 66.3 Å². The highest BCUT2D eigenvalue weighted by Gasteiger charge is 2.23. The summed E-state index contributed by atoms with van der Waals surface area (Å²) >= 11 is 0. The largest absolute Gasteiger partial charge is 0.309 e. The Balaban J connectivity index is 1.01. The second-order valence-corrected chi connectivity index (χ2v) is 17.9. The van der Waals surface area contributed by atoms with Gasteiger partial charge in [-0.3, -0.25) is 14.1 Å². The summed E-state index contributed by atoms with van der Waals surface area (Å²) in [7, 11) is 0. The zero-order valence-corrected chi connectivity index (χ0v) is 38.3. The Labute approximate surface area is 408 Å².